The number of sulfonamides is 1. The number of amides is 1. The Balaban J connectivity index is 1.63. The van der Waals surface area contributed by atoms with Crippen molar-refractivity contribution in [3.05, 3.63) is 65.2 Å². The lowest BCUT2D eigenvalue weighted by molar-refractivity contribution is 0.0950. The molecule has 1 N–H and O–H groups in total. The smallest absolute Gasteiger partial charge is 0.251 e. The number of hydrogen-bond acceptors (Lipinski definition) is 4. The van der Waals surface area contributed by atoms with Crippen molar-refractivity contribution in [3.8, 4) is 0 Å². The van der Waals surface area contributed by atoms with E-state index in [1.54, 1.807) is 12.1 Å². The van der Waals surface area contributed by atoms with Gasteiger partial charge in [0.15, 0.2) is 0 Å². The van der Waals surface area contributed by atoms with Crippen molar-refractivity contribution < 1.29 is 13.2 Å². The second-order valence-corrected chi connectivity index (χ2v) is 9.81. The van der Waals surface area contributed by atoms with E-state index in [4.69, 9.17) is 0 Å². The van der Waals surface area contributed by atoms with E-state index in [2.05, 4.69) is 22.3 Å². The number of piperidine rings is 1. The van der Waals surface area contributed by atoms with Crippen LogP contribution >= 0.6 is 0 Å². The van der Waals surface area contributed by atoms with Crippen molar-refractivity contribution >= 4 is 15.9 Å². The molecule has 0 saturated carbocycles. The molecular weight excluding hydrogens is 386 g/mol. The number of carbonyl (C=O) groups is 1. The maximum absolute atomic E-state index is 12.5. The molecule has 7 heteroatoms. The first-order chi connectivity index (χ1) is 13.9. The monoisotopic (exact) mass is 415 g/mol. The van der Waals surface area contributed by atoms with Gasteiger partial charge in [0.25, 0.3) is 5.91 Å². The summed E-state index contributed by atoms with van der Waals surface area (Å²) in [4.78, 5) is 15.1. The Kier molecular flexibility index (Phi) is 7.05. The highest BCUT2D eigenvalue weighted by atomic mass is 32.2. The Labute approximate surface area is 173 Å². The SMILES string of the molecule is CN(C)S(=O)(=O)c1cccc(C(=O)NCc2cccc(CN3CCCCC3)c2)c1. The van der Waals surface area contributed by atoms with E-state index in [1.165, 1.54) is 51.1 Å². The molecule has 0 spiro atoms. The molecule has 156 valence electrons. The molecule has 0 radical (unpaired) electrons. The number of carbonyl (C=O) groups excluding carboxylic acids is 1. The highest BCUT2D eigenvalue weighted by Gasteiger charge is 2.18. The average molecular weight is 416 g/mol. The molecule has 3 rings (SSSR count). The Morgan fingerprint density at radius 2 is 1.69 bits per heavy atom. The van der Waals surface area contributed by atoms with Gasteiger partial charge in [0.2, 0.25) is 10.0 Å². The van der Waals surface area contributed by atoms with Gasteiger partial charge in [0, 0.05) is 32.7 Å². The summed E-state index contributed by atoms with van der Waals surface area (Å²) in [5.74, 6) is -0.290. The van der Waals surface area contributed by atoms with Gasteiger partial charge in [-0.25, -0.2) is 12.7 Å². The van der Waals surface area contributed by atoms with Crippen LogP contribution in [0.4, 0.5) is 0 Å². The van der Waals surface area contributed by atoms with Crippen LogP contribution < -0.4 is 5.32 Å². The fourth-order valence-corrected chi connectivity index (χ4v) is 4.45. The predicted molar refractivity (Wildman–Crippen MR) is 114 cm³/mol. The molecule has 0 aliphatic carbocycles. The molecule has 1 aliphatic rings. The van der Waals surface area contributed by atoms with Gasteiger partial charge in [-0.05, 0) is 55.3 Å². The molecule has 0 unspecified atom stereocenters. The second-order valence-electron chi connectivity index (χ2n) is 7.65. The lowest BCUT2D eigenvalue weighted by Gasteiger charge is -2.26. The summed E-state index contributed by atoms with van der Waals surface area (Å²) in [6.45, 7) is 3.63. The number of likely N-dealkylation sites (tertiary alicyclic amines) is 1. The number of rotatable bonds is 7. The van der Waals surface area contributed by atoms with Gasteiger partial charge in [-0.15, -0.1) is 0 Å². The minimum absolute atomic E-state index is 0.110. The van der Waals surface area contributed by atoms with E-state index >= 15 is 0 Å². The average Bonchev–Trinajstić information content (AvgIpc) is 2.73. The summed E-state index contributed by atoms with van der Waals surface area (Å²) < 4.78 is 25.7. The molecule has 0 bridgehead atoms. The lowest BCUT2D eigenvalue weighted by Crippen LogP contribution is -2.29. The Bertz CT molecular complexity index is 951. The molecule has 0 aromatic heterocycles. The molecule has 2 aromatic carbocycles. The summed E-state index contributed by atoms with van der Waals surface area (Å²) in [5.41, 5.74) is 2.61. The summed E-state index contributed by atoms with van der Waals surface area (Å²) in [5, 5.41) is 2.89. The van der Waals surface area contributed by atoms with E-state index in [0.717, 1.165) is 29.5 Å². The van der Waals surface area contributed by atoms with Gasteiger partial charge >= 0.3 is 0 Å². The molecule has 2 aromatic rings. The summed E-state index contributed by atoms with van der Waals surface area (Å²) >= 11 is 0. The Morgan fingerprint density at radius 1 is 1.00 bits per heavy atom. The van der Waals surface area contributed by atoms with Crippen molar-refractivity contribution in [2.45, 2.75) is 37.2 Å². The first-order valence-corrected chi connectivity index (χ1v) is 11.4. The molecule has 1 fully saturated rings. The maximum atomic E-state index is 12.5. The quantitative estimate of drug-likeness (QED) is 0.755. The molecular formula is C22H29N3O3S. The van der Waals surface area contributed by atoms with Gasteiger partial charge in [-0.1, -0.05) is 36.8 Å². The van der Waals surface area contributed by atoms with Crippen molar-refractivity contribution in [2.24, 2.45) is 0 Å². The van der Waals surface area contributed by atoms with Crippen LogP contribution in [-0.4, -0.2) is 50.7 Å². The fourth-order valence-electron chi connectivity index (χ4n) is 3.51. The Hall–Kier alpha value is -2.22. The first-order valence-electron chi connectivity index (χ1n) is 9.97. The van der Waals surface area contributed by atoms with Gasteiger partial charge in [-0.3, -0.25) is 9.69 Å². The van der Waals surface area contributed by atoms with Gasteiger partial charge in [0.1, 0.15) is 0 Å². The predicted octanol–water partition coefficient (Wildman–Crippen LogP) is 2.85. The van der Waals surface area contributed by atoms with Crippen LogP contribution in [0.5, 0.6) is 0 Å². The van der Waals surface area contributed by atoms with E-state index in [1.807, 2.05) is 12.1 Å². The summed E-state index contributed by atoms with van der Waals surface area (Å²) in [6, 6.07) is 14.4. The third kappa shape index (κ3) is 5.65. The van der Waals surface area contributed by atoms with E-state index < -0.39 is 10.0 Å². The van der Waals surface area contributed by atoms with Crippen LogP contribution in [0.3, 0.4) is 0 Å². The maximum Gasteiger partial charge on any atom is 0.251 e. The van der Waals surface area contributed by atoms with Crippen molar-refractivity contribution in [3.63, 3.8) is 0 Å². The van der Waals surface area contributed by atoms with E-state index in [9.17, 15) is 13.2 Å². The second kappa shape index (κ2) is 9.52. The normalized spacial score (nSPS) is 15.4. The first kappa shape index (κ1) is 21.5. The number of hydrogen-bond donors (Lipinski definition) is 1. The Morgan fingerprint density at radius 3 is 2.41 bits per heavy atom. The van der Waals surface area contributed by atoms with Gasteiger partial charge in [0.05, 0.1) is 4.90 Å². The molecule has 1 saturated heterocycles. The third-order valence-electron chi connectivity index (χ3n) is 5.17. The van der Waals surface area contributed by atoms with Gasteiger partial charge < -0.3 is 5.32 Å². The number of benzene rings is 2. The zero-order chi connectivity index (χ0) is 20.9. The van der Waals surface area contributed by atoms with Crippen LogP contribution in [0.2, 0.25) is 0 Å². The topological polar surface area (TPSA) is 69.7 Å². The standard InChI is InChI=1S/C22H29N3O3S/c1-24(2)29(27,28)21-11-7-10-20(15-21)22(26)23-16-18-8-6-9-19(14-18)17-25-12-4-3-5-13-25/h6-11,14-15H,3-5,12-13,16-17H2,1-2H3,(H,23,26). The zero-order valence-electron chi connectivity index (χ0n) is 17.1. The molecule has 1 amide bonds. The largest absolute Gasteiger partial charge is 0.348 e. The third-order valence-corrected chi connectivity index (χ3v) is 6.99. The minimum atomic E-state index is -3.57. The number of nitrogens with zero attached hydrogens (tertiary/aromatic N) is 2. The highest BCUT2D eigenvalue weighted by molar-refractivity contribution is 7.89. The van der Waals surface area contributed by atoms with Crippen molar-refractivity contribution in [1.29, 1.82) is 0 Å². The van der Waals surface area contributed by atoms with Crippen LogP contribution in [0, 0.1) is 0 Å². The minimum Gasteiger partial charge on any atom is -0.348 e. The molecule has 1 heterocycles. The van der Waals surface area contributed by atoms with E-state index in [0.29, 0.717) is 12.1 Å². The zero-order valence-corrected chi connectivity index (χ0v) is 17.9. The molecule has 0 atom stereocenters. The van der Waals surface area contributed by atoms with Crippen LogP contribution in [0.25, 0.3) is 0 Å². The molecule has 6 nitrogen and oxygen atoms in total. The van der Waals surface area contributed by atoms with Crippen LogP contribution in [0.1, 0.15) is 40.7 Å². The highest BCUT2D eigenvalue weighted by Crippen LogP contribution is 2.16. The van der Waals surface area contributed by atoms with E-state index in [-0.39, 0.29) is 10.8 Å². The van der Waals surface area contributed by atoms with Crippen LogP contribution in [-0.2, 0) is 23.1 Å². The molecule has 1 aliphatic heterocycles. The lowest BCUT2D eigenvalue weighted by atomic mass is 10.1. The number of nitrogens with one attached hydrogen (secondary N) is 1. The van der Waals surface area contributed by atoms with Crippen molar-refractivity contribution in [1.82, 2.24) is 14.5 Å². The van der Waals surface area contributed by atoms with Gasteiger partial charge in [-0.2, -0.15) is 0 Å². The van der Waals surface area contributed by atoms with Crippen molar-refractivity contribution in [2.75, 3.05) is 27.2 Å². The molecule has 29 heavy (non-hydrogen) atoms. The fraction of sp³-hybridized carbons (Fsp3) is 0.409. The van der Waals surface area contributed by atoms with Crippen LogP contribution in [0.15, 0.2) is 53.4 Å². The summed E-state index contributed by atoms with van der Waals surface area (Å²) in [7, 11) is -0.629. The summed E-state index contributed by atoms with van der Waals surface area (Å²) in [6.07, 6.45) is 3.84.